The van der Waals surface area contributed by atoms with Gasteiger partial charge in [0.25, 0.3) is 0 Å². The molecule has 1 aromatic heterocycles. The number of nitrogens with zero attached hydrogens (tertiary/aromatic N) is 2. The number of rotatable bonds is 4. The van der Waals surface area contributed by atoms with Crippen LogP contribution in [-0.2, 0) is 0 Å². The van der Waals surface area contributed by atoms with Crippen LogP contribution in [0, 0.1) is 5.82 Å². The quantitative estimate of drug-likeness (QED) is 0.908. The van der Waals surface area contributed by atoms with Crippen molar-refractivity contribution in [3.63, 3.8) is 0 Å². The maximum Gasteiger partial charge on any atom is 0.233 e. The minimum Gasteiger partial charge on any atom is -0.494 e. The third-order valence-corrected chi connectivity index (χ3v) is 2.74. The van der Waals surface area contributed by atoms with E-state index in [2.05, 4.69) is 10.2 Å². The summed E-state index contributed by atoms with van der Waals surface area (Å²) >= 11 is 0. The Labute approximate surface area is 110 Å². The fourth-order valence-corrected chi connectivity index (χ4v) is 1.69. The number of halogens is 1. The summed E-state index contributed by atoms with van der Waals surface area (Å²) in [5, 5.41) is 7.73. The van der Waals surface area contributed by atoms with Gasteiger partial charge in [-0.25, -0.2) is 4.39 Å². The van der Waals surface area contributed by atoms with Crippen molar-refractivity contribution in [2.24, 2.45) is 5.73 Å². The van der Waals surface area contributed by atoms with Crippen LogP contribution in [0.15, 0.2) is 30.3 Å². The summed E-state index contributed by atoms with van der Waals surface area (Å²) in [5.74, 6) is 0.0339. The molecule has 0 saturated carbocycles. The molecule has 2 N–H and O–H groups in total. The normalized spacial score (nSPS) is 12.0. The van der Waals surface area contributed by atoms with Crippen LogP contribution < -0.4 is 15.2 Å². The first-order valence-corrected chi connectivity index (χ1v) is 5.63. The van der Waals surface area contributed by atoms with Crippen molar-refractivity contribution in [1.29, 1.82) is 0 Å². The lowest BCUT2D eigenvalue weighted by Gasteiger charge is -2.13. The highest BCUT2D eigenvalue weighted by Gasteiger charge is 2.18. The summed E-state index contributed by atoms with van der Waals surface area (Å²) in [7, 11) is 2.90. The summed E-state index contributed by atoms with van der Waals surface area (Å²) in [6, 6.07) is 7.36. The van der Waals surface area contributed by atoms with E-state index in [1.54, 1.807) is 24.3 Å². The van der Waals surface area contributed by atoms with Gasteiger partial charge >= 0.3 is 0 Å². The molecule has 0 saturated heterocycles. The van der Waals surface area contributed by atoms with E-state index in [0.29, 0.717) is 17.1 Å². The van der Waals surface area contributed by atoms with Crippen molar-refractivity contribution in [2.75, 3.05) is 14.2 Å². The predicted octanol–water partition coefficient (Wildman–Crippen LogP) is 1.68. The largest absolute Gasteiger partial charge is 0.494 e. The second-order valence-corrected chi connectivity index (χ2v) is 3.84. The lowest BCUT2D eigenvalue weighted by atomic mass is 10.0. The van der Waals surface area contributed by atoms with Gasteiger partial charge < -0.3 is 15.2 Å². The Bertz CT molecular complexity index is 560. The van der Waals surface area contributed by atoms with Crippen molar-refractivity contribution < 1.29 is 13.9 Å². The molecule has 0 aliphatic carbocycles. The average Bonchev–Trinajstić information content (AvgIpc) is 2.47. The van der Waals surface area contributed by atoms with Crippen LogP contribution in [-0.4, -0.2) is 24.4 Å². The second kappa shape index (κ2) is 5.62. The number of benzene rings is 1. The standard InChI is InChI=1S/C13H14FN3O2/c1-18-10-5-3-4-8(12(10)14)13(15)9-6-7-11(19-2)17-16-9/h3-7,13H,15H2,1-2H3. The van der Waals surface area contributed by atoms with E-state index in [4.69, 9.17) is 15.2 Å². The molecule has 100 valence electrons. The summed E-state index contributed by atoms with van der Waals surface area (Å²) in [4.78, 5) is 0. The number of aromatic nitrogens is 2. The SMILES string of the molecule is COc1ccc(C(N)c2cccc(OC)c2F)nn1. The van der Waals surface area contributed by atoms with E-state index in [1.165, 1.54) is 20.3 Å². The Balaban J connectivity index is 2.35. The molecule has 1 unspecified atom stereocenters. The molecule has 2 rings (SSSR count). The monoisotopic (exact) mass is 263 g/mol. The van der Waals surface area contributed by atoms with Crippen molar-refractivity contribution in [3.8, 4) is 11.6 Å². The Morgan fingerprint density at radius 2 is 1.89 bits per heavy atom. The molecule has 1 aromatic carbocycles. The lowest BCUT2D eigenvalue weighted by Crippen LogP contribution is -2.16. The van der Waals surface area contributed by atoms with Gasteiger partial charge in [-0.3, -0.25) is 0 Å². The number of nitrogens with two attached hydrogens (primary N) is 1. The highest BCUT2D eigenvalue weighted by Crippen LogP contribution is 2.26. The molecule has 0 bridgehead atoms. The maximum atomic E-state index is 14.1. The van der Waals surface area contributed by atoms with Crippen LogP contribution in [0.3, 0.4) is 0 Å². The highest BCUT2D eigenvalue weighted by atomic mass is 19.1. The molecule has 0 aliphatic rings. The maximum absolute atomic E-state index is 14.1. The van der Waals surface area contributed by atoms with Crippen LogP contribution in [0.1, 0.15) is 17.3 Å². The van der Waals surface area contributed by atoms with Crippen molar-refractivity contribution in [3.05, 3.63) is 47.4 Å². The summed E-state index contributed by atoms with van der Waals surface area (Å²) < 4.78 is 23.9. The highest BCUT2D eigenvalue weighted by molar-refractivity contribution is 5.36. The molecule has 1 atom stereocenters. The molecular formula is C13H14FN3O2. The number of hydrogen-bond donors (Lipinski definition) is 1. The third kappa shape index (κ3) is 2.63. The van der Waals surface area contributed by atoms with Crippen molar-refractivity contribution in [1.82, 2.24) is 10.2 Å². The smallest absolute Gasteiger partial charge is 0.233 e. The van der Waals surface area contributed by atoms with E-state index in [1.807, 2.05) is 0 Å². The summed E-state index contributed by atoms with van der Waals surface area (Å²) in [6.45, 7) is 0. The minimum absolute atomic E-state index is 0.148. The Kier molecular flexibility index (Phi) is 3.91. The minimum atomic E-state index is -0.714. The zero-order valence-corrected chi connectivity index (χ0v) is 10.6. The number of hydrogen-bond acceptors (Lipinski definition) is 5. The van der Waals surface area contributed by atoms with Gasteiger partial charge in [0.2, 0.25) is 5.88 Å². The molecule has 5 nitrogen and oxygen atoms in total. The zero-order valence-electron chi connectivity index (χ0n) is 10.6. The van der Waals surface area contributed by atoms with Gasteiger partial charge in [0.05, 0.1) is 26.0 Å². The Hall–Kier alpha value is -2.21. The van der Waals surface area contributed by atoms with Crippen molar-refractivity contribution >= 4 is 0 Å². The van der Waals surface area contributed by atoms with Crippen LogP contribution in [0.4, 0.5) is 4.39 Å². The first-order chi connectivity index (χ1) is 9.17. The fourth-order valence-electron chi connectivity index (χ4n) is 1.69. The van der Waals surface area contributed by atoms with Gasteiger partial charge in [0.15, 0.2) is 11.6 Å². The average molecular weight is 263 g/mol. The topological polar surface area (TPSA) is 70.3 Å². The molecule has 6 heteroatoms. The number of methoxy groups -OCH3 is 2. The molecule has 0 aliphatic heterocycles. The van der Waals surface area contributed by atoms with Gasteiger partial charge in [-0.2, -0.15) is 0 Å². The van der Waals surface area contributed by atoms with Crippen molar-refractivity contribution in [2.45, 2.75) is 6.04 Å². The van der Waals surface area contributed by atoms with Gasteiger partial charge in [-0.05, 0) is 12.1 Å². The van der Waals surface area contributed by atoms with Gasteiger partial charge in [0, 0.05) is 11.6 Å². The molecule has 0 radical (unpaired) electrons. The van der Waals surface area contributed by atoms with E-state index >= 15 is 0 Å². The predicted molar refractivity (Wildman–Crippen MR) is 67.6 cm³/mol. The Morgan fingerprint density at radius 1 is 1.11 bits per heavy atom. The fraction of sp³-hybridized carbons (Fsp3) is 0.231. The second-order valence-electron chi connectivity index (χ2n) is 3.84. The van der Waals surface area contributed by atoms with Crippen LogP contribution in [0.5, 0.6) is 11.6 Å². The first kappa shape index (κ1) is 13.2. The molecular weight excluding hydrogens is 249 g/mol. The van der Waals surface area contributed by atoms with Gasteiger partial charge in [-0.1, -0.05) is 12.1 Å². The van der Waals surface area contributed by atoms with E-state index < -0.39 is 11.9 Å². The van der Waals surface area contributed by atoms with E-state index in [-0.39, 0.29) is 5.75 Å². The first-order valence-electron chi connectivity index (χ1n) is 5.63. The lowest BCUT2D eigenvalue weighted by molar-refractivity contribution is 0.382. The van der Waals surface area contributed by atoms with Gasteiger partial charge in [0.1, 0.15) is 0 Å². The molecule has 1 heterocycles. The third-order valence-electron chi connectivity index (χ3n) is 2.74. The van der Waals surface area contributed by atoms with Crippen LogP contribution >= 0.6 is 0 Å². The molecule has 0 amide bonds. The van der Waals surface area contributed by atoms with Gasteiger partial charge in [-0.15, -0.1) is 10.2 Å². The molecule has 2 aromatic rings. The zero-order chi connectivity index (χ0) is 13.8. The molecule has 0 spiro atoms. The van der Waals surface area contributed by atoms with E-state index in [0.717, 1.165) is 0 Å². The summed E-state index contributed by atoms with van der Waals surface area (Å²) in [6.07, 6.45) is 0. The molecule has 19 heavy (non-hydrogen) atoms. The Morgan fingerprint density at radius 3 is 2.47 bits per heavy atom. The van der Waals surface area contributed by atoms with E-state index in [9.17, 15) is 4.39 Å². The summed E-state index contributed by atoms with van der Waals surface area (Å²) in [5.41, 5.74) is 6.75. The number of ether oxygens (including phenoxy) is 2. The molecule has 0 fully saturated rings. The van der Waals surface area contributed by atoms with Crippen LogP contribution in [0.25, 0.3) is 0 Å². The van der Waals surface area contributed by atoms with Crippen LogP contribution in [0.2, 0.25) is 0 Å².